The first kappa shape index (κ1) is 15.6. The molecule has 1 N–H and O–H groups in total. The molecule has 2 fully saturated rings. The van der Waals surface area contributed by atoms with Crippen LogP contribution in [0.15, 0.2) is 22.6 Å². The molecule has 1 aliphatic carbocycles. The molecule has 6 nitrogen and oxygen atoms in total. The number of fused-ring (bicyclic) bond motifs is 1. The van der Waals surface area contributed by atoms with Crippen molar-refractivity contribution in [3.8, 4) is 0 Å². The molecule has 128 valence electrons. The van der Waals surface area contributed by atoms with Crippen molar-refractivity contribution in [1.29, 1.82) is 0 Å². The zero-order valence-corrected chi connectivity index (χ0v) is 14.0. The van der Waals surface area contributed by atoms with E-state index in [0.717, 1.165) is 68.4 Å². The van der Waals surface area contributed by atoms with Gasteiger partial charge in [-0.3, -0.25) is 9.69 Å². The highest BCUT2D eigenvalue weighted by Crippen LogP contribution is 2.40. The van der Waals surface area contributed by atoms with Crippen LogP contribution in [0.3, 0.4) is 0 Å². The summed E-state index contributed by atoms with van der Waals surface area (Å²) in [5.41, 5.74) is 2.37. The molecule has 4 rings (SSSR count). The van der Waals surface area contributed by atoms with Gasteiger partial charge in [-0.15, -0.1) is 0 Å². The summed E-state index contributed by atoms with van der Waals surface area (Å²) < 4.78 is 11.2. The van der Waals surface area contributed by atoms with E-state index in [1.807, 2.05) is 25.1 Å². The zero-order chi connectivity index (χ0) is 16.5. The summed E-state index contributed by atoms with van der Waals surface area (Å²) in [7, 11) is 0. The number of hydrogen-bond donors (Lipinski definition) is 1. The molecule has 1 aliphatic heterocycles. The summed E-state index contributed by atoms with van der Waals surface area (Å²) >= 11 is 0. The lowest BCUT2D eigenvalue weighted by molar-refractivity contribution is -0.120. The van der Waals surface area contributed by atoms with E-state index < -0.39 is 0 Å². The zero-order valence-electron chi connectivity index (χ0n) is 14.0. The molecule has 1 amide bonds. The smallest absolute Gasteiger partial charge is 0.228 e. The van der Waals surface area contributed by atoms with Crippen molar-refractivity contribution in [3.05, 3.63) is 24.1 Å². The van der Waals surface area contributed by atoms with E-state index in [1.54, 1.807) is 0 Å². The van der Waals surface area contributed by atoms with Crippen LogP contribution in [0.25, 0.3) is 11.1 Å². The second kappa shape index (κ2) is 6.53. The van der Waals surface area contributed by atoms with Crippen molar-refractivity contribution in [2.75, 3.05) is 38.2 Å². The van der Waals surface area contributed by atoms with Crippen LogP contribution in [0.4, 0.5) is 5.69 Å². The second-order valence-electron chi connectivity index (χ2n) is 6.81. The third-order valence-electron chi connectivity index (χ3n) is 4.68. The number of hydrogen-bond acceptors (Lipinski definition) is 5. The van der Waals surface area contributed by atoms with Gasteiger partial charge in [-0.05, 0) is 25.0 Å². The van der Waals surface area contributed by atoms with E-state index >= 15 is 0 Å². The predicted octanol–water partition coefficient (Wildman–Crippen LogP) is 2.61. The number of ether oxygens (including phenoxy) is 1. The van der Waals surface area contributed by atoms with Crippen molar-refractivity contribution in [1.82, 2.24) is 9.88 Å². The number of rotatable bonds is 5. The first-order valence-electron chi connectivity index (χ1n) is 8.70. The largest absolute Gasteiger partial charge is 0.440 e. The average molecular weight is 329 g/mol. The Bertz CT molecular complexity index is 732. The topological polar surface area (TPSA) is 67.6 Å². The Kier molecular flexibility index (Phi) is 4.24. The van der Waals surface area contributed by atoms with Crippen LogP contribution < -0.4 is 5.32 Å². The quantitative estimate of drug-likeness (QED) is 0.913. The lowest BCUT2D eigenvalue weighted by Crippen LogP contribution is -2.41. The van der Waals surface area contributed by atoms with Gasteiger partial charge in [0.2, 0.25) is 5.91 Å². The fraction of sp³-hybridized carbons (Fsp3) is 0.556. The van der Waals surface area contributed by atoms with Gasteiger partial charge in [-0.2, -0.15) is 0 Å². The van der Waals surface area contributed by atoms with Crippen molar-refractivity contribution in [2.24, 2.45) is 5.92 Å². The van der Waals surface area contributed by atoms with Gasteiger partial charge in [0.25, 0.3) is 0 Å². The summed E-state index contributed by atoms with van der Waals surface area (Å²) in [5.74, 6) is 1.27. The van der Waals surface area contributed by atoms with Crippen LogP contribution in [0.2, 0.25) is 0 Å². The minimum Gasteiger partial charge on any atom is -0.440 e. The van der Waals surface area contributed by atoms with E-state index in [1.165, 1.54) is 0 Å². The first-order valence-corrected chi connectivity index (χ1v) is 8.70. The number of aromatic nitrogens is 1. The maximum Gasteiger partial charge on any atom is 0.228 e. The highest BCUT2D eigenvalue weighted by Gasteiger charge is 2.29. The molecular formula is C18H23N3O3. The Morgan fingerprint density at radius 1 is 1.38 bits per heavy atom. The number of morpholine rings is 1. The summed E-state index contributed by atoms with van der Waals surface area (Å²) in [6.45, 7) is 6.01. The molecule has 1 atom stereocenters. The van der Waals surface area contributed by atoms with E-state index in [-0.39, 0.29) is 11.8 Å². The van der Waals surface area contributed by atoms with Gasteiger partial charge in [-0.1, -0.05) is 6.92 Å². The lowest BCUT2D eigenvalue weighted by Gasteiger charge is -2.28. The number of benzene rings is 1. The third-order valence-corrected chi connectivity index (χ3v) is 4.68. The van der Waals surface area contributed by atoms with Gasteiger partial charge >= 0.3 is 0 Å². The summed E-state index contributed by atoms with van der Waals surface area (Å²) in [4.78, 5) is 19.2. The van der Waals surface area contributed by atoms with Crippen LogP contribution in [0.5, 0.6) is 0 Å². The van der Waals surface area contributed by atoms with E-state index in [0.29, 0.717) is 5.92 Å². The highest BCUT2D eigenvalue weighted by molar-refractivity contribution is 5.94. The van der Waals surface area contributed by atoms with Crippen molar-refractivity contribution in [3.63, 3.8) is 0 Å². The molecule has 1 aromatic heterocycles. The standard InChI is InChI=1S/C18H23N3O3/c1-12(11-21-6-8-23-9-7-21)17(22)19-14-4-5-15-16(10-14)24-18(20-15)13-2-3-13/h4-5,10,12-13H,2-3,6-9,11H2,1H3,(H,19,22). The molecule has 2 aliphatic rings. The molecule has 2 aromatic rings. The molecule has 1 unspecified atom stereocenters. The summed E-state index contributed by atoms with van der Waals surface area (Å²) in [5, 5.41) is 2.99. The molecule has 2 heterocycles. The van der Waals surface area contributed by atoms with Crippen LogP contribution in [-0.4, -0.2) is 48.6 Å². The minimum absolute atomic E-state index is 0.0303. The minimum atomic E-state index is -0.0736. The Morgan fingerprint density at radius 2 is 2.17 bits per heavy atom. The molecule has 0 radical (unpaired) electrons. The second-order valence-corrected chi connectivity index (χ2v) is 6.81. The van der Waals surface area contributed by atoms with Crippen molar-refractivity contribution >= 4 is 22.7 Å². The Balaban J connectivity index is 1.39. The van der Waals surface area contributed by atoms with E-state index in [4.69, 9.17) is 9.15 Å². The van der Waals surface area contributed by atoms with Crippen molar-refractivity contribution in [2.45, 2.75) is 25.7 Å². The van der Waals surface area contributed by atoms with Crippen LogP contribution >= 0.6 is 0 Å². The molecule has 6 heteroatoms. The normalized spacial score (nSPS) is 20.2. The van der Waals surface area contributed by atoms with Crippen molar-refractivity contribution < 1.29 is 13.9 Å². The number of nitrogens with zero attached hydrogens (tertiary/aromatic N) is 2. The monoisotopic (exact) mass is 329 g/mol. The molecule has 1 aromatic carbocycles. The molecule has 0 spiro atoms. The number of amides is 1. The third kappa shape index (κ3) is 3.44. The molecule has 1 saturated carbocycles. The number of anilines is 1. The Hall–Kier alpha value is -1.92. The Labute approximate surface area is 141 Å². The maximum absolute atomic E-state index is 12.4. The molecular weight excluding hydrogens is 306 g/mol. The van der Waals surface area contributed by atoms with Crippen LogP contribution in [0, 0.1) is 5.92 Å². The molecule has 24 heavy (non-hydrogen) atoms. The fourth-order valence-corrected chi connectivity index (χ4v) is 3.04. The predicted molar refractivity (Wildman–Crippen MR) is 91.0 cm³/mol. The Morgan fingerprint density at radius 3 is 2.92 bits per heavy atom. The number of carbonyl (C=O) groups is 1. The number of oxazole rings is 1. The van der Waals surface area contributed by atoms with E-state index in [9.17, 15) is 4.79 Å². The van der Waals surface area contributed by atoms with Crippen LogP contribution in [-0.2, 0) is 9.53 Å². The highest BCUT2D eigenvalue weighted by atomic mass is 16.5. The van der Waals surface area contributed by atoms with Gasteiger partial charge in [0.1, 0.15) is 5.52 Å². The van der Waals surface area contributed by atoms with Gasteiger partial charge in [0, 0.05) is 43.2 Å². The number of nitrogens with one attached hydrogen (secondary N) is 1. The number of carbonyl (C=O) groups excluding carboxylic acids is 1. The van der Waals surface area contributed by atoms with Gasteiger partial charge in [0.15, 0.2) is 11.5 Å². The van der Waals surface area contributed by atoms with Gasteiger partial charge in [-0.25, -0.2) is 4.98 Å². The maximum atomic E-state index is 12.4. The van der Waals surface area contributed by atoms with Gasteiger partial charge in [0.05, 0.1) is 13.2 Å². The summed E-state index contributed by atoms with van der Waals surface area (Å²) in [6, 6.07) is 5.67. The molecule has 0 bridgehead atoms. The SMILES string of the molecule is CC(CN1CCOCC1)C(=O)Nc1ccc2nc(C3CC3)oc2c1. The van der Waals surface area contributed by atoms with Crippen LogP contribution in [0.1, 0.15) is 31.6 Å². The molecule has 1 saturated heterocycles. The fourth-order valence-electron chi connectivity index (χ4n) is 3.04. The van der Waals surface area contributed by atoms with Gasteiger partial charge < -0.3 is 14.5 Å². The summed E-state index contributed by atoms with van der Waals surface area (Å²) in [6.07, 6.45) is 2.32. The lowest BCUT2D eigenvalue weighted by atomic mass is 10.1. The van der Waals surface area contributed by atoms with E-state index in [2.05, 4.69) is 15.2 Å². The average Bonchev–Trinajstić information content (AvgIpc) is 3.35. The first-order chi connectivity index (χ1) is 11.7.